The molecule has 3 rings (SSSR count). The average molecular weight is 223 g/mol. The van der Waals surface area contributed by atoms with Crippen molar-refractivity contribution in [2.45, 2.75) is 25.3 Å². The molecule has 0 aromatic carbocycles. The first-order valence-corrected chi connectivity index (χ1v) is 6.55. The van der Waals surface area contributed by atoms with Gasteiger partial charge < -0.3 is 10.2 Å². The molecule has 90 valence electrons. The Hall–Kier alpha value is -0.610. The Balaban J connectivity index is 1.53. The highest BCUT2D eigenvalue weighted by atomic mass is 16.2. The van der Waals surface area contributed by atoms with Gasteiger partial charge in [0.2, 0.25) is 5.91 Å². The third-order valence-electron chi connectivity index (χ3n) is 4.26. The summed E-state index contributed by atoms with van der Waals surface area (Å²) in [7, 11) is 0. The van der Waals surface area contributed by atoms with E-state index in [0.717, 1.165) is 38.4 Å². The molecule has 3 aliphatic rings. The van der Waals surface area contributed by atoms with Crippen molar-refractivity contribution >= 4 is 5.91 Å². The van der Waals surface area contributed by atoms with Gasteiger partial charge in [-0.05, 0) is 31.8 Å². The van der Waals surface area contributed by atoms with Crippen LogP contribution in [0.4, 0.5) is 0 Å². The molecule has 0 saturated carbocycles. The van der Waals surface area contributed by atoms with Gasteiger partial charge in [-0.2, -0.15) is 0 Å². The first-order chi connectivity index (χ1) is 7.83. The van der Waals surface area contributed by atoms with E-state index in [1.54, 1.807) is 0 Å². The van der Waals surface area contributed by atoms with Crippen LogP contribution in [-0.4, -0.2) is 61.0 Å². The zero-order valence-electron chi connectivity index (χ0n) is 9.82. The van der Waals surface area contributed by atoms with Crippen LogP contribution in [0.15, 0.2) is 0 Å². The summed E-state index contributed by atoms with van der Waals surface area (Å²) < 4.78 is 0. The Morgan fingerprint density at radius 1 is 1.31 bits per heavy atom. The van der Waals surface area contributed by atoms with E-state index < -0.39 is 0 Å². The summed E-state index contributed by atoms with van der Waals surface area (Å²) in [6.45, 7) is 6.76. The zero-order chi connectivity index (χ0) is 11.0. The summed E-state index contributed by atoms with van der Waals surface area (Å²) in [5, 5.41) is 3.42. The number of carbonyl (C=O) groups is 1. The fourth-order valence-electron chi connectivity index (χ4n) is 3.33. The molecule has 0 aromatic heterocycles. The minimum atomic E-state index is 0.382. The minimum Gasteiger partial charge on any atom is -0.337 e. The second-order valence-corrected chi connectivity index (χ2v) is 5.40. The lowest BCUT2D eigenvalue weighted by Gasteiger charge is -2.38. The third kappa shape index (κ3) is 1.96. The Morgan fingerprint density at radius 2 is 2.25 bits per heavy atom. The zero-order valence-corrected chi connectivity index (χ0v) is 9.82. The van der Waals surface area contributed by atoms with Crippen molar-refractivity contribution < 1.29 is 4.79 Å². The van der Waals surface area contributed by atoms with Gasteiger partial charge >= 0.3 is 0 Å². The molecule has 3 saturated heterocycles. The Bertz CT molecular complexity index is 275. The monoisotopic (exact) mass is 223 g/mol. The van der Waals surface area contributed by atoms with Crippen molar-refractivity contribution in [1.82, 2.24) is 15.1 Å². The van der Waals surface area contributed by atoms with Gasteiger partial charge in [-0.25, -0.2) is 0 Å². The number of hydrogen-bond donors (Lipinski definition) is 1. The normalized spacial score (nSPS) is 35.8. The summed E-state index contributed by atoms with van der Waals surface area (Å²) >= 11 is 0. The predicted molar refractivity (Wildman–Crippen MR) is 62.2 cm³/mol. The number of amides is 1. The molecule has 0 aliphatic carbocycles. The van der Waals surface area contributed by atoms with Crippen LogP contribution in [0.25, 0.3) is 0 Å². The van der Waals surface area contributed by atoms with E-state index in [-0.39, 0.29) is 0 Å². The van der Waals surface area contributed by atoms with Crippen molar-refractivity contribution in [3.63, 3.8) is 0 Å². The Labute approximate surface area is 97.0 Å². The van der Waals surface area contributed by atoms with E-state index in [1.165, 1.54) is 26.1 Å². The number of hydrogen-bond acceptors (Lipinski definition) is 3. The minimum absolute atomic E-state index is 0.382. The van der Waals surface area contributed by atoms with Crippen LogP contribution in [0.1, 0.15) is 19.3 Å². The fourth-order valence-corrected chi connectivity index (χ4v) is 3.33. The van der Waals surface area contributed by atoms with Crippen molar-refractivity contribution in [3.05, 3.63) is 0 Å². The molecule has 0 aromatic rings. The lowest BCUT2D eigenvalue weighted by Crippen LogP contribution is -2.52. The highest BCUT2D eigenvalue weighted by molar-refractivity contribution is 5.78. The van der Waals surface area contributed by atoms with E-state index in [0.29, 0.717) is 11.9 Å². The van der Waals surface area contributed by atoms with Crippen LogP contribution < -0.4 is 5.32 Å². The molecule has 3 fully saturated rings. The Kier molecular flexibility index (Phi) is 2.86. The number of rotatable bonds is 2. The van der Waals surface area contributed by atoms with Crippen molar-refractivity contribution in [2.24, 2.45) is 5.92 Å². The van der Waals surface area contributed by atoms with Crippen LogP contribution >= 0.6 is 0 Å². The molecule has 2 atom stereocenters. The topological polar surface area (TPSA) is 35.6 Å². The van der Waals surface area contributed by atoms with Gasteiger partial charge in [0.1, 0.15) is 0 Å². The second kappa shape index (κ2) is 4.34. The standard InChI is InChI=1S/C12H21N3O/c16-12-2-1-11-9-14(5-6-15(11)12)8-10-3-4-13-7-10/h10-11,13H,1-9H2. The largest absolute Gasteiger partial charge is 0.337 e. The quantitative estimate of drug-likeness (QED) is 0.710. The van der Waals surface area contributed by atoms with E-state index in [4.69, 9.17) is 0 Å². The molecule has 1 amide bonds. The number of fused-ring (bicyclic) bond motifs is 1. The average Bonchev–Trinajstić information content (AvgIpc) is 2.90. The first-order valence-electron chi connectivity index (χ1n) is 6.55. The third-order valence-corrected chi connectivity index (χ3v) is 4.26. The van der Waals surface area contributed by atoms with E-state index in [1.807, 2.05) is 0 Å². The smallest absolute Gasteiger partial charge is 0.222 e. The van der Waals surface area contributed by atoms with Crippen molar-refractivity contribution in [1.29, 1.82) is 0 Å². The number of nitrogens with one attached hydrogen (secondary N) is 1. The molecule has 4 heteroatoms. The van der Waals surface area contributed by atoms with Gasteiger partial charge in [-0.1, -0.05) is 0 Å². The molecule has 0 radical (unpaired) electrons. The molecular formula is C12H21N3O. The van der Waals surface area contributed by atoms with Gasteiger partial charge in [-0.15, -0.1) is 0 Å². The molecule has 0 spiro atoms. The van der Waals surface area contributed by atoms with Gasteiger partial charge in [-0.3, -0.25) is 9.69 Å². The van der Waals surface area contributed by atoms with E-state index in [9.17, 15) is 4.79 Å². The maximum Gasteiger partial charge on any atom is 0.222 e. The maximum atomic E-state index is 11.6. The van der Waals surface area contributed by atoms with Gasteiger partial charge in [0.25, 0.3) is 0 Å². The molecule has 16 heavy (non-hydrogen) atoms. The fraction of sp³-hybridized carbons (Fsp3) is 0.917. The second-order valence-electron chi connectivity index (χ2n) is 5.40. The highest BCUT2D eigenvalue weighted by Crippen LogP contribution is 2.23. The van der Waals surface area contributed by atoms with Crippen molar-refractivity contribution in [3.8, 4) is 0 Å². The van der Waals surface area contributed by atoms with E-state index >= 15 is 0 Å². The highest BCUT2D eigenvalue weighted by Gasteiger charge is 2.35. The molecule has 3 aliphatic heterocycles. The van der Waals surface area contributed by atoms with Gasteiger partial charge in [0, 0.05) is 38.6 Å². The van der Waals surface area contributed by atoms with Crippen molar-refractivity contribution in [2.75, 3.05) is 39.3 Å². The summed E-state index contributed by atoms with van der Waals surface area (Å²) in [5.74, 6) is 1.22. The number of piperazine rings is 1. The molecular weight excluding hydrogens is 202 g/mol. The Morgan fingerprint density at radius 3 is 3.06 bits per heavy atom. The lowest BCUT2D eigenvalue weighted by molar-refractivity contribution is -0.130. The molecule has 1 N–H and O–H groups in total. The summed E-state index contributed by atoms with van der Waals surface area (Å²) in [5.41, 5.74) is 0. The van der Waals surface area contributed by atoms with E-state index in [2.05, 4.69) is 15.1 Å². The summed E-state index contributed by atoms with van der Waals surface area (Å²) in [6.07, 6.45) is 3.19. The number of carbonyl (C=O) groups excluding carboxylic acids is 1. The lowest BCUT2D eigenvalue weighted by atomic mass is 10.1. The summed E-state index contributed by atoms with van der Waals surface area (Å²) in [4.78, 5) is 16.2. The van der Waals surface area contributed by atoms with Crippen LogP contribution in [0, 0.1) is 5.92 Å². The van der Waals surface area contributed by atoms with Crippen LogP contribution in [-0.2, 0) is 4.79 Å². The van der Waals surface area contributed by atoms with Gasteiger partial charge in [0.15, 0.2) is 0 Å². The maximum absolute atomic E-state index is 11.6. The molecule has 4 nitrogen and oxygen atoms in total. The SMILES string of the molecule is O=C1CCC2CN(CC3CCNC3)CCN12. The van der Waals surface area contributed by atoms with Crippen LogP contribution in [0.5, 0.6) is 0 Å². The van der Waals surface area contributed by atoms with Gasteiger partial charge in [0.05, 0.1) is 0 Å². The summed E-state index contributed by atoms with van der Waals surface area (Å²) in [6, 6.07) is 0.524. The molecule has 3 heterocycles. The van der Waals surface area contributed by atoms with Crippen LogP contribution in [0.3, 0.4) is 0 Å². The molecule has 0 bridgehead atoms. The van der Waals surface area contributed by atoms with Crippen LogP contribution in [0.2, 0.25) is 0 Å². The predicted octanol–water partition coefficient (Wildman–Crippen LogP) is -0.0975. The first kappa shape index (κ1) is 10.5. The molecule has 2 unspecified atom stereocenters. The number of nitrogens with zero attached hydrogens (tertiary/aromatic N) is 2.